The van der Waals surface area contributed by atoms with Crippen LogP contribution in [0.15, 0.2) is 42.5 Å². The van der Waals surface area contributed by atoms with Gasteiger partial charge in [-0.2, -0.15) is 0 Å². The lowest BCUT2D eigenvalue weighted by molar-refractivity contribution is -0.140. The Balaban J connectivity index is 1.51. The average molecular weight is 399 g/mol. The molecule has 2 atom stereocenters. The van der Waals surface area contributed by atoms with Gasteiger partial charge in [-0.1, -0.05) is 53.5 Å². The highest BCUT2D eigenvalue weighted by atomic mass is 35.5. The lowest BCUT2D eigenvalue weighted by Gasteiger charge is -2.21. The van der Waals surface area contributed by atoms with Crippen molar-refractivity contribution >= 4 is 45.9 Å². The number of nitrogens with one attached hydrogen (secondary N) is 1. The van der Waals surface area contributed by atoms with Crippen LogP contribution in [-0.4, -0.2) is 21.7 Å². The number of nitrogens with zero attached hydrogens (tertiary/aromatic N) is 1. The third-order valence-electron chi connectivity index (χ3n) is 5.69. The standard InChI is InChI=1S/C21H16Cl2N2O2/c22-12-6-16(23)19-15-8-13-14(9-17(15)24-18(19)7-12)21(27)25(20(13)26)10-11-4-2-1-3-5-11/h1-7,13-14,24H,8-10H2. The van der Waals surface area contributed by atoms with E-state index in [0.29, 0.717) is 29.4 Å². The highest BCUT2D eigenvalue weighted by molar-refractivity contribution is 6.38. The van der Waals surface area contributed by atoms with Crippen molar-refractivity contribution in [2.24, 2.45) is 11.8 Å². The first-order valence-corrected chi connectivity index (χ1v) is 9.66. The minimum Gasteiger partial charge on any atom is -0.358 e. The van der Waals surface area contributed by atoms with Crippen LogP contribution in [0.2, 0.25) is 10.0 Å². The van der Waals surface area contributed by atoms with Crippen LogP contribution < -0.4 is 0 Å². The lowest BCUT2D eigenvalue weighted by atomic mass is 9.79. The molecule has 27 heavy (non-hydrogen) atoms. The van der Waals surface area contributed by atoms with Gasteiger partial charge in [0.05, 0.1) is 23.4 Å². The number of rotatable bonds is 2. The summed E-state index contributed by atoms with van der Waals surface area (Å²) in [5.74, 6) is -0.795. The molecule has 0 radical (unpaired) electrons. The van der Waals surface area contributed by atoms with E-state index in [4.69, 9.17) is 23.2 Å². The monoisotopic (exact) mass is 398 g/mol. The number of carbonyl (C=O) groups excluding carboxylic acids is 2. The Labute approximate surface area is 166 Å². The van der Waals surface area contributed by atoms with Gasteiger partial charge in [0.1, 0.15) is 0 Å². The predicted octanol–water partition coefficient (Wildman–Crippen LogP) is 4.37. The molecule has 2 aromatic carbocycles. The van der Waals surface area contributed by atoms with Crippen LogP contribution in [0.25, 0.3) is 10.9 Å². The van der Waals surface area contributed by atoms with E-state index in [-0.39, 0.29) is 23.7 Å². The zero-order valence-corrected chi connectivity index (χ0v) is 15.8. The smallest absolute Gasteiger partial charge is 0.233 e. The molecular formula is C21H16Cl2N2O2. The number of likely N-dealkylation sites (tertiary alicyclic amines) is 1. The number of hydrogen-bond acceptors (Lipinski definition) is 2. The third-order valence-corrected chi connectivity index (χ3v) is 6.21. The fourth-order valence-corrected chi connectivity index (χ4v) is 5.05. The summed E-state index contributed by atoms with van der Waals surface area (Å²) in [5.41, 5.74) is 3.84. The van der Waals surface area contributed by atoms with Crippen molar-refractivity contribution in [1.29, 1.82) is 0 Å². The first kappa shape index (κ1) is 16.8. The number of hydrogen-bond donors (Lipinski definition) is 1. The molecule has 0 saturated carbocycles. The summed E-state index contributed by atoms with van der Waals surface area (Å²) in [7, 11) is 0. The highest BCUT2D eigenvalue weighted by Crippen LogP contribution is 2.42. The maximum absolute atomic E-state index is 13.0. The second-order valence-corrected chi connectivity index (χ2v) is 8.11. The molecule has 2 unspecified atom stereocenters. The van der Waals surface area contributed by atoms with Gasteiger partial charge in [0, 0.05) is 28.0 Å². The molecule has 2 aliphatic rings. The normalized spacial score (nSPS) is 21.6. The molecule has 2 heterocycles. The Morgan fingerprint density at radius 3 is 2.44 bits per heavy atom. The summed E-state index contributed by atoms with van der Waals surface area (Å²) in [6, 6.07) is 13.2. The molecule has 0 bridgehead atoms. The van der Waals surface area contributed by atoms with Crippen LogP contribution in [0.1, 0.15) is 16.8 Å². The number of benzene rings is 2. The van der Waals surface area contributed by atoms with Crippen LogP contribution in [0.5, 0.6) is 0 Å². The zero-order chi connectivity index (χ0) is 18.7. The molecule has 1 N–H and O–H groups in total. The van der Waals surface area contributed by atoms with Crippen molar-refractivity contribution in [2.45, 2.75) is 19.4 Å². The van der Waals surface area contributed by atoms with Crippen LogP contribution >= 0.6 is 23.2 Å². The lowest BCUT2D eigenvalue weighted by Crippen LogP contribution is -2.30. The average Bonchev–Trinajstić information content (AvgIpc) is 3.11. The van der Waals surface area contributed by atoms with Gasteiger partial charge in [0.25, 0.3) is 0 Å². The van der Waals surface area contributed by atoms with E-state index < -0.39 is 0 Å². The fourth-order valence-electron chi connectivity index (χ4n) is 4.44. The second-order valence-electron chi connectivity index (χ2n) is 7.26. The maximum Gasteiger partial charge on any atom is 0.233 e. The van der Waals surface area contributed by atoms with E-state index in [9.17, 15) is 9.59 Å². The summed E-state index contributed by atoms with van der Waals surface area (Å²) >= 11 is 12.5. The number of aromatic nitrogens is 1. The summed E-state index contributed by atoms with van der Waals surface area (Å²) in [4.78, 5) is 30.7. The van der Waals surface area contributed by atoms with Gasteiger partial charge in [-0.25, -0.2) is 0 Å². The Bertz CT molecular complexity index is 1090. The minimum atomic E-state index is -0.320. The molecular weight excluding hydrogens is 383 g/mol. The van der Waals surface area contributed by atoms with Crippen LogP contribution in [0.4, 0.5) is 0 Å². The van der Waals surface area contributed by atoms with Crippen LogP contribution in [-0.2, 0) is 29.0 Å². The number of carbonyl (C=O) groups is 2. The number of H-pyrrole nitrogens is 1. The number of imide groups is 1. The minimum absolute atomic E-state index is 0.0812. The Morgan fingerprint density at radius 1 is 1.00 bits per heavy atom. The largest absolute Gasteiger partial charge is 0.358 e. The summed E-state index contributed by atoms with van der Waals surface area (Å²) in [5, 5.41) is 2.05. The Hall–Kier alpha value is -2.30. The van der Waals surface area contributed by atoms with Crippen molar-refractivity contribution < 1.29 is 9.59 Å². The second kappa shape index (κ2) is 6.11. The molecule has 1 saturated heterocycles. The first-order chi connectivity index (χ1) is 13.0. The highest BCUT2D eigenvalue weighted by Gasteiger charge is 2.50. The molecule has 1 aliphatic carbocycles. The van der Waals surface area contributed by atoms with E-state index in [1.54, 1.807) is 6.07 Å². The third kappa shape index (κ3) is 2.59. The molecule has 4 nitrogen and oxygen atoms in total. The topological polar surface area (TPSA) is 53.2 Å². The molecule has 6 heteroatoms. The zero-order valence-electron chi connectivity index (χ0n) is 14.3. The van der Waals surface area contributed by atoms with Crippen molar-refractivity contribution in [1.82, 2.24) is 9.88 Å². The number of aromatic amines is 1. The van der Waals surface area contributed by atoms with E-state index in [1.165, 1.54) is 4.90 Å². The summed E-state index contributed by atoms with van der Waals surface area (Å²) in [6.45, 7) is 0.330. The van der Waals surface area contributed by atoms with Crippen molar-refractivity contribution in [3.63, 3.8) is 0 Å². The van der Waals surface area contributed by atoms with Gasteiger partial charge in [-0.3, -0.25) is 14.5 Å². The van der Waals surface area contributed by atoms with Gasteiger partial charge < -0.3 is 4.98 Å². The van der Waals surface area contributed by atoms with Gasteiger partial charge in [-0.05, 0) is 29.7 Å². The summed E-state index contributed by atoms with van der Waals surface area (Å²) < 4.78 is 0. The molecule has 1 aliphatic heterocycles. The molecule has 136 valence electrons. The molecule has 2 amide bonds. The summed E-state index contributed by atoms with van der Waals surface area (Å²) in [6.07, 6.45) is 1.05. The molecule has 3 aromatic rings. The predicted molar refractivity (Wildman–Crippen MR) is 105 cm³/mol. The van der Waals surface area contributed by atoms with Gasteiger partial charge in [-0.15, -0.1) is 0 Å². The van der Waals surface area contributed by atoms with Gasteiger partial charge in [0.2, 0.25) is 11.8 Å². The number of fused-ring (bicyclic) bond motifs is 4. The number of halogens is 2. The van der Waals surface area contributed by atoms with E-state index in [0.717, 1.165) is 27.7 Å². The van der Waals surface area contributed by atoms with E-state index in [2.05, 4.69) is 4.98 Å². The SMILES string of the molecule is O=C1C2Cc3[nH]c4cc(Cl)cc(Cl)c4c3CC2C(=O)N1Cc1ccccc1. The maximum atomic E-state index is 13.0. The van der Waals surface area contributed by atoms with Crippen molar-refractivity contribution in [3.8, 4) is 0 Å². The van der Waals surface area contributed by atoms with E-state index in [1.807, 2.05) is 36.4 Å². The molecule has 1 fully saturated rings. The van der Waals surface area contributed by atoms with Crippen LogP contribution in [0.3, 0.4) is 0 Å². The molecule has 0 spiro atoms. The Kier molecular flexibility index (Phi) is 3.81. The molecule has 1 aromatic heterocycles. The van der Waals surface area contributed by atoms with Crippen molar-refractivity contribution in [2.75, 3.05) is 0 Å². The fraction of sp³-hybridized carbons (Fsp3) is 0.238. The van der Waals surface area contributed by atoms with E-state index >= 15 is 0 Å². The van der Waals surface area contributed by atoms with Crippen LogP contribution in [0, 0.1) is 11.8 Å². The quantitative estimate of drug-likeness (QED) is 0.651. The number of amides is 2. The first-order valence-electron chi connectivity index (χ1n) is 8.90. The van der Waals surface area contributed by atoms with Crippen molar-refractivity contribution in [3.05, 3.63) is 69.3 Å². The molecule has 5 rings (SSSR count). The Morgan fingerprint density at radius 2 is 1.70 bits per heavy atom. The van der Waals surface area contributed by atoms with Gasteiger partial charge >= 0.3 is 0 Å². The van der Waals surface area contributed by atoms with Gasteiger partial charge in [0.15, 0.2) is 0 Å².